The molecule has 0 aliphatic rings. The van der Waals surface area contributed by atoms with Crippen LogP contribution in [0, 0.1) is 11.3 Å². The number of benzene rings is 2. The normalized spacial score (nSPS) is 11.8. The number of hydrogen-bond acceptors (Lipinski definition) is 3. The fraction of sp³-hybridized carbons (Fsp3) is 0.0714. The predicted octanol–water partition coefficient (Wildman–Crippen LogP) is 4.59. The molecule has 0 radical (unpaired) electrons. The molecule has 0 fully saturated rings. The number of nitrogen functional groups attached to an aromatic ring is 1. The molecule has 0 heterocycles. The van der Waals surface area contributed by atoms with Crippen LogP contribution in [0.2, 0.25) is 15.1 Å². The molecule has 2 aromatic carbocycles. The molecule has 1 unspecified atom stereocenters. The van der Waals surface area contributed by atoms with Crippen molar-refractivity contribution >= 4 is 40.5 Å². The zero-order valence-electron chi connectivity index (χ0n) is 10.2. The number of rotatable bonds is 3. The van der Waals surface area contributed by atoms with Crippen molar-refractivity contribution in [3.8, 4) is 6.07 Å². The summed E-state index contributed by atoms with van der Waals surface area (Å²) in [6, 6.07) is 12.5. The SMILES string of the molecule is N#CC(c1ccc(Cl)cc1)c1c(Cl)cc(NN)cc1Cl. The van der Waals surface area contributed by atoms with Gasteiger partial charge in [-0.2, -0.15) is 5.26 Å². The van der Waals surface area contributed by atoms with Gasteiger partial charge in [0.2, 0.25) is 0 Å². The average Bonchev–Trinajstić information content (AvgIpc) is 2.43. The third-order valence-corrected chi connectivity index (χ3v) is 3.74. The largest absolute Gasteiger partial charge is 0.324 e. The first-order valence-electron chi connectivity index (χ1n) is 5.67. The first-order chi connectivity index (χ1) is 9.56. The Morgan fingerprint density at radius 1 is 1.05 bits per heavy atom. The van der Waals surface area contributed by atoms with Crippen LogP contribution in [0.15, 0.2) is 36.4 Å². The summed E-state index contributed by atoms with van der Waals surface area (Å²) in [5, 5.41) is 10.8. The van der Waals surface area contributed by atoms with Crippen LogP contribution in [-0.2, 0) is 0 Å². The quantitative estimate of drug-likeness (QED) is 0.640. The van der Waals surface area contributed by atoms with E-state index in [2.05, 4.69) is 11.5 Å². The Bertz CT molecular complexity index is 639. The fourth-order valence-electron chi connectivity index (χ4n) is 1.90. The van der Waals surface area contributed by atoms with E-state index in [1.54, 1.807) is 36.4 Å². The van der Waals surface area contributed by atoms with Crippen molar-refractivity contribution in [3.05, 3.63) is 62.6 Å². The van der Waals surface area contributed by atoms with Gasteiger partial charge in [0.25, 0.3) is 0 Å². The molecule has 6 heteroatoms. The lowest BCUT2D eigenvalue weighted by Gasteiger charge is -2.15. The number of hydrazine groups is 1. The molecule has 0 aromatic heterocycles. The first-order valence-corrected chi connectivity index (χ1v) is 6.81. The summed E-state index contributed by atoms with van der Waals surface area (Å²) in [7, 11) is 0. The average molecular weight is 327 g/mol. The maximum absolute atomic E-state index is 9.44. The Kier molecular flexibility index (Phi) is 4.74. The third kappa shape index (κ3) is 3.00. The standard InChI is InChI=1S/C14H10Cl3N3/c15-9-3-1-8(2-4-9)11(7-18)14-12(16)5-10(20-19)6-13(14)17/h1-6,11,20H,19H2. The summed E-state index contributed by atoms with van der Waals surface area (Å²) in [5.41, 5.74) is 4.38. The Morgan fingerprint density at radius 3 is 2.05 bits per heavy atom. The zero-order chi connectivity index (χ0) is 14.7. The third-order valence-electron chi connectivity index (χ3n) is 2.87. The summed E-state index contributed by atoms with van der Waals surface area (Å²) in [5.74, 6) is 4.76. The molecule has 0 spiro atoms. The zero-order valence-corrected chi connectivity index (χ0v) is 12.5. The van der Waals surface area contributed by atoms with Gasteiger partial charge in [0, 0.05) is 20.6 Å². The van der Waals surface area contributed by atoms with E-state index >= 15 is 0 Å². The van der Waals surface area contributed by atoms with Gasteiger partial charge in [-0.25, -0.2) is 0 Å². The van der Waals surface area contributed by atoms with Gasteiger partial charge in [-0.1, -0.05) is 46.9 Å². The monoisotopic (exact) mass is 325 g/mol. The van der Waals surface area contributed by atoms with E-state index < -0.39 is 5.92 Å². The highest BCUT2D eigenvalue weighted by atomic mass is 35.5. The molecule has 0 aliphatic carbocycles. The van der Waals surface area contributed by atoms with E-state index in [4.69, 9.17) is 40.6 Å². The molecule has 102 valence electrons. The Morgan fingerprint density at radius 2 is 1.60 bits per heavy atom. The van der Waals surface area contributed by atoms with Crippen LogP contribution in [0.4, 0.5) is 5.69 Å². The molecule has 0 amide bonds. The molecule has 0 saturated carbocycles. The number of nitrogens with zero attached hydrogens (tertiary/aromatic N) is 1. The second-order valence-electron chi connectivity index (χ2n) is 4.11. The number of nitriles is 1. The topological polar surface area (TPSA) is 61.8 Å². The van der Waals surface area contributed by atoms with Crippen molar-refractivity contribution in [2.75, 3.05) is 5.43 Å². The van der Waals surface area contributed by atoms with Gasteiger partial charge in [-0.3, -0.25) is 5.84 Å². The molecule has 2 aromatic rings. The van der Waals surface area contributed by atoms with Gasteiger partial charge in [-0.05, 0) is 29.8 Å². The van der Waals surface area contributed by atoms with Crippen molar-refractivity contribution in [2.24, 2.45) is 5.84 Å². The van der Waals surface area contributed by atoms with Gasteiger partial charge in [0.05, 0.1) is 17.7 Å². The van der Waals surface area contributed by atoms with Crippen molar-refractivity contribution in [3.63, 3.8) is 0 Å². The van der Waals surface area contributed by atoms with Crippen LogP contribution in [0.3, 0.4) is 0 Å². The van der Waals surface area contributed by atoms with Gasteiger partial charge in [-0.15, -0.1) is 0 Å². The van der Waals surface area contributed by atoms with Crippen LogP contribution in [0.25, 0.3) is 0 Å². The van der Waals surface area contributed by atoms with E-state index in [0.29, 0.717) is 26.3 Å². The van der Waals surface area contributed by atoms with Crippen LogP contribution >= 0.6 is 34.8 Å². The number of hydrogen-bond donors (Lipinski definition) is 2. The molecule has 0 bridgehead atoms. The lowest BCUT2D eigenvalue weighted by Crippen LogP contribution is -2.08. The van der Waals surface area contributed by atoms with Gasteiger partial charge in [0.15, 0.2) is 0 Å². The number of nitrogens with one attached hydrogen (secondary N) is 1. The molecule has 0 saturated heterocycles. The van der Waals surface area contributed by atoms with Gasteiger partial charge < -0.3 is 5.43 Å². The Balaban J connectivity index is 2.53. The van der Waals surface area contributed by atoms with Crippen molar-refractivity contribution in [2.45, 2.75) is 5.92 Å². The maximum Gasteiger partial charge on any atom is 0.0991 e. The highest BCUT2D eigenvalue weighted by molar-refractivity contribution is 6.36. The summed E-state index contributed by atoms with van der Waals surface area (Å²) in [4.78, 5) is 0. The highest BCUT2D eigenvalue weighted by Crippen LogP contribution is 2.37. The minimum atomic E-state index is -0.570. The van der Waals surface area contributed by atoms with E-state index in [1.807, 2.05) is 0 Å². The predicted molar refractivity (Wildman–Crippen MR) is 83.2 cm³/mol. The highest BCUT2D eigenvalue weighted by Gasteiger charge is 2.20. The van der Waals surface area contributed by atoms with Crippen molar-refractivity contribution in [1.82, 2.24) is 0 Å². The van der Waals surface area contributed by atoms with E-state index in [1.165, 1.54) is 0 Å². The number of halogens is 3. The summed E-state index contributed by atoms with van der Waals surface area (Å²) in [6.07, 6.45) is 0. The molecule has 3 N–H and O–H groups in total. The van der Waals surface area contributed by atoms with Gasteiger partial charge in [0.1, 0.15) is 0 Å². The fourth-order valence-corrected chi connectivity index (χ4v) is 2.74. The molecule has 3 nitrogen and oxygen atoms in total. The van der Waals surface area contributed by atoms with E-state index in [9.17, 15) is 5.26 Å². The second kappa shape index (κ2) is 6.34. The molecule has 2 rings (SSSR count). The lowest BCUT2D eigenvalue weighted by atomic mass is 9.92. The smallest absolute Gasteiger partial charge is 0.0991 e. The van der Waals surface area contributed by atoms with Crippen LogP contribution < -0.4 is 11.3 Å². The minimum Gasteiger partial charge on any atom is -0.324 e. The maximum atomic E-state index is 9.44. The summed E-state index contributed by atoms with van der Waals surface area (Å²) in [6.45, 7) is 0. The molecule has 1 atom stereocenters. The van der Waals surface area contributed by atoms with Crippen LogP contribution in [0.5, 0.6) is 0 Å². The Labute approximate surface area is 131 Å². The summed E-state index contributed by atoms with van der Waals surface area (Å²) < 4.78 is 0. The molecule has 20 heavy (non-hydrogen) atoms. The van der Waals surface area contributed by atoms with E-state index in [0.717, 1.165) is 5.56 Å². The minimum absolute atomic E-state index is 0.381. The number of anilines is 1. The van der Waals surface area contributed by atoms with Crippen molar-refractivity contribution < 1.29 is 0 Å². The number of nitrogens with two attached hydrogens (primary N) is 1. The van der Waals surface area contributed by atoms with E-state index in [-0.39, 0.29) is 0 Å². The van der Waals surface area contributed by atoms with Gasteiger partial charge >= 0.3 is 0 Å². The van der Waals surface area contributed by atoms with Crippen molar-refractivity contribution in [1.29, 1.82) is 5.26 Å². The van der Waals surface area contributed by atoms with Crippen LogP contribution in [-0.4, -0.2) is 0 Å². The second-order valence-corrected chi connectivity index (χ2v) is 5.36. The lowest BCUT2D eigenvalue weighted by molar-refractivity contribution is 1.04. The molecular weight excluding hydrogens is 317 g/mol. The molecular formula is C14H10Cl3N3. The summed E-state index contributed by atoms with van der Waals surface area (Å²) >= 11 is 18.3. The molecule has 0 aliphatic heterocycles. The van der Waals surface area contributed by atoms with Crippen LogP contribution in [0.1, 0.15) is 17.0 Å². The first kappa shape index (κ1) is 15.0. The Hall–Kier alpha value is -1.44.